The summed E-state index contributed by atoms with van der Waals surface area (Å²) in [6, 6.07) is 1.57. The van der Waals surface area contributed by atoms with Crippen LogP contribution in [0.5, 0.6) is 0 Å². The van der Waals surface area contributed by atoms with Crippen molar-refractivity contribution in [1.29, 1.82) is 0 Å². The highest BCUT2D eigenvalue weighted by molar-refractivity contribution is 7.92. The van der Waals surface area contributed by atoms with Crippen molar-refractivity contribution in [2.75, 3.05) is 6.54 Å². The van der Waals surface area contributed by atoms with Crippen molar-refractivity contribution in [2.45, 2.75) is 57.0 Å². The Kier molecular flexibility index (Phi) is 5.61. The summed E-state index contributed by atoms with van der Waals surface area (Å²) in [5, 5.41) is 5.37. The van der Waals surface area contributed by atoms with Crippen LogP contribution >= 0.6 is 0 Å². The first kappa shape index (κ1) is 17.0. The van der Waals surface area contributed by atoms with E-state index in [9.17, 15) is 13.2 Å². The molecular formula is C15H24N2O4S. The van der Waals surface area contributed by atoms with E-state index in [1.54, 1.807) is 13.0 Å². The van der Waals surface area contributed by atoms with Gasteiger partial charge in [0.15, 0.2) is 15.6 Å². The number of aryl methyl sites for hydroxylation is 1. The van der Waals surface area contributed by atoms with E-state index in [4.69, 9.17) is 4.52 Å². The lowest BCUT2D eigenvalue weighted by atomic mass is 9.89. The molecule has 124 valence electrons. The third-order valence-electron chi connectivity index (χ3n) is 4.22. The van der Waals surface area contributed by atoms with Gasteiger partial charge in [0, 0.05) is 12.6 Å². The number of hydrogen-bond acceptors (Lipinski definition) is 5. The third-order valence-corrected chi connectivity index (χ3v) is 6.20. The summed E-state index contributed by atoms with van der Waals surface area (Å²) < 4.78 is 29.4. The minimum atomic E-state index is -3.60. The fourth-order valence-corrected chi connectivity index (χ4v) is 3.94. The Morgan fingerprint density at radius 3 is 2.68 bits per heavy atom. The Morgan fingerprint density at radius 2 is 2.09 bits per heavy atom. The fourth-order valence-electron chi connectivity index (χ4n) is 2.75. The van der Waals surface area contributed by atoms with Gasteiger partial charge in [0.05, 0.1) is 5.69 Å². The van der Waals surface area contributed by atoms with Crippen molar-refractivity contribution in [2.24, 2.45) is 5.92 Å². The van der Waals surface area contributed by atoms with Gasteiger partial charge in [0.1, 0.15) is 11.0 Å². The van der Waals surface area contributed by atoms with Crippen LogP contribution in [0.15, 0.2) is 10.6 Å². The van der Waals surface area contributed by atoms with Crippen molar-refractivity contribution >= 4 is 15.7 Å². The Morgan fingerprint density at radius 1 is 1.41 bits per heavy atom. The van der Waals surface area contributed by atoms with Crippen molar-refractivity contribution in [1.82, 2.24) is 10.5 Å². The van der Waals surface area contributed by atoms with Crippen LogP contribution in [0.3, 0.4) is 0 Å². The predicted molar refractivity (Wildman–Crippen MR) is 82.9 cm³/mol. The van der Waals surface area contributed by atoms with E-state index < -0.39 is 21.0 Å². The predicted octanol–water partition coefficient (Wildman–Crippen LogP) is 1.98. The quantitative estimate of drug-likeness (QED) is 0.862. The van der Waals surface area contributed by atoms with Gasteiger partial charge in [-0.05, 0) is 32.6 Å². The lowest BCUT2D eigenvalue weighted by Crippen LogP contribution is -2.40. The summed E-state index contributed by atoms with van der Waals surface area (Å²) in [6.07, 6.45) is 5.86. The van der Waals surface area contributed by atoms with E-state index in [1.165, 1.54) is 26.2 Å². The van der Waals surface area contributed by atoms with Crippen molar-refractivity contribution < 1.29 is 17.7 Å². The second-order valence-corrected chi connectivity index (χ2v) is 8.45. The molecule has 1 N–H and O–H groups in total. The van der Waals surface area contributed by atoms with Crippen LogP contribution in [0.1, 0.15) is 50.5 Å². The van der Waals surface area contributed by atoms with Gasteiger partial charge in [-0.25, -0.2) is 8.42 Å². The van der Waals surface area contributed by atoms with Crippen LogP contribution in [-0.4, -0.2) is 31.3 Å². The molecule has 7 heteroatoms. The largest absolute Gasteiger partial charge is 0.360 e. The van der Waals surface area contributed by atoms with E-state index in [2.05, 4.69) is 10.5 Å². The second kappa shape index (κ2) is 7.26. The normalized spacial score (nSPS) is 18.1. The molecule has 0 aliphatic heterocycles. The first-order valence-electron chi connectivity index (χ1n) is 7.80. The number of nitrogens with one attached hydrogen (secondary N) is 1. The molecule has 1 atom stereocenters. The lowest BCUT2D eigenvalue weighted by Gasteiger charge is -2.22. The Bertz CT molecular complexity index is 603. The topological polar surface area (TPSA) is 89.3 Å². The van der Waals surface area contributed by atoms with Crippen LogP contribution in [0.2, 0.25) is 0 Å². The minimum absolute atomic E-state index is 0.268. The number of amides is 1. The monoisotopic (exact) mass is 328 g/mol. The van der Waals surface area contributed by atoms with E-state index in [0.717, 1.165) is 12.8 Å². The zero-order chi connectivity index (χ0) is 16.2. The number of rotatable bonds is 6. The van der Waals surface area contributed by atoms with Crippen LogP contribution in [-0.2, 0) is 20.4 Å². The number of nitrogens with zero attached hydrogens (tertiary/aromatic N) is 1. The minimum Gasteiger partial charge on any atom is -0.360 e. The molecule has 0 aromatic carbocycles. The van der Waals surface area contributed by atoms with Gasteiger partial charge in [-0.3, -0.25) is 4.79 Å². The third kappa shape index (κ3) is 4.56. The number of aromatic nitrogens is 1. The summed E-state index contributed by atoms with van der Waals surface area (Å²) in [4.78, 5) is 12.1. The maximum atomic E-state index is 12.3. The maximum absolute atomic E-state index is 12.3. The lowest BCUT2D eigenvalue weighted by molar-refractivity contribution is -0.120. The molecule has 2 rings (SSSR count). The summed E-state index contributed by atoms with van der Waals surface area (Å²) in [5.74, 6) is 0.0158. The zero-order valence-electron chi connectivity index (χ0n) is 13.2. The Labute approximate surface area is 131 Å². The van der Waals surface area contributed by atoms with Gasteiger partial charge in [0.2, 0.25) is 5.91 Å². The Hall–Kier alpha value is -1.37. The number of carbonyl (C=O) groups excluding carboxylic acids is 1. The SMILES string of the molecule is Cc1cc(CS(=O)(=O)[C@@H](C)C(=O)NCC2CCCCC2)on1. The van der Waals surface area contributed by atoms with E-state index in [1.807, 2.05) is 0 Å². The Balaban J connectivity index is 1.87. The molecule has 0 saturated heterocycles. The van der Waals surface area contributed by atoms with Crippen LogP contribution < -0.4 is 5.32 Å². The highest BCUT2D eigenvalue weighted by atomic mass is 32.2. The van der Waals surface area contributed by atoms with Gasteiger partial charge in [-0.15, -0.1) is 0 Å². The number of hydrogen-bond donors (Lipinski definition) is 1. The molecule has 1 aliphatic carbocycles. The van der Waals surface area contributed by atoms with Gasteiger partial charge in [0.25, 0.3) is 0 Å². The molecule has 0 bridgehead atoms. The zero-order valence-corrected chi connectivity index (χ0v) is 14.0. The van der Waals surface area contributed by atoms with E-state index in [0.29, 0.717) is 18.2 Å². The molecule has 1 heterocycles. The van der Waals surface area contributed by atoms with Crippen molar-refractivity contribution in [3.8, 4) is 0 Å². The van der Waals surface area contributed by atoms with Gasteiger partial charge in [-0.2, -0.15) is 0 Å². The number of carbonyl (C=O) groups is 1. The summed E-state index contributed by atoms with van der Waals surface area (Å²) in [7, 11) is -3.60. The fraction of sp³-hybridized carbons (Fsp3) is 0.733. The smallest absolute Gasteiger partial charge is 0.238 e. The van der Waals surface area contributed by atoms with E-state index in [-0.39, 0.29) is 11.5 Å². The molecular weight excluding hydrogens is 304 g/mol. The molecule has 1 aromatic heterocycles. The van der Waals surface area contributed by atoms with Crippen LogP contribution in [0.4, 0.5) is 0 Å². The van der Waals surface area contributed by atoms with Crippen molar-refractivity contribution in [3.63, 3.8) is 0 Å². The molecule has 1 fully saturated rings. The summed E-state index contributed by atoms with van der Waals surface area (Å²) >= 11 is 0. The van der Waals surface area contributed by atoms with Gasteiger partial charge >= 0.3 is 0 Å². The highest BCUT2D eigenvalue weighted by Gasteiger charge is 2.29. The molecule has 0 radical (unpaired) electrons. The first-order chi connectivity index (χ1) is 10.4. The van der Waals surface area contributed by atoms with Crippen molar-refractivity contribution in [3.05, 3.63) is 17.5 Å². The molecule has 1 amide bonds. The molecule has 0 unspecified atom stereocenters. The van der Waals surface area contributed by atoms with Crippen LogP contribution in [0, 0.1) is 12.8 Å². The molecule has 1 aliphatic rings. The summed E-state index contributed by atoms with van der Waals surface area (Å²) in [6.45, 7) is 3.72. The molecule has 22 heavy (non-hydrogen) atoms. The average molecular weight is 328 g/mol. The maximum Gasteiger partial charge on any atom is 0.238 e. The van der Waals surface area contributed by atoms with Gasteiger partial charge < -0.3 is 9.84 Å². The van der Waals surface area contributed by atoms with Gasteiger partial charge in [-0.1, -0.05) is 24.4 Å². The second-order valence-electron chi connectivity index (χ2n) is 6.13. The molecule has 1 aromatic rings. The van der Waals surface area contributed by atoms with E-state index >= 15 is 0 Å². The number of sulfone groups is 1. The molecule has 0 spiro atoms. The summed E-state index contributed by atoms with van der Waals surface area (Å²) in [5.41, 5.74) is 0.625. The average Bonchev–Trinajstić information content (AvgIpc) is 2.89. The standard InChI is InChI=1S/C15H24N2O4S/c1-11-8-14(21-17-11)10-22(19,20)12(2)15(18)16-9-13-6-4-3-5-7-13/h8,12-13H,3-7,9-10H2,1-2H3,(H,16,18)/t12-/m0/s1. The first-order valence-corrected chi connectivity index (χ1v) is 9.51. The highest BCUT2D eigenvalue weighted by Crippen LogP contribution is 2.23. The van der Waals surface area contributed by atoms with Crippen LogP contribution in [0.25, 0.3) is 0 Å². The molecule has 1 saturated carbocycles. The molecule has 6 nitrogen and oxygen atoms in total.